The smallest absolute Gasteiger partial charge is 0.326 e. The quantitative estimate of drug-likeness (QED) is 0.606. The van der Waals surface area contributed by atoms with Gasteiger partial charge in [0.05, 0.1) is 6.42 Å². The van der Waals surface area contributed by atoms with Gasteiger partial charge in [-0.05, 0) is 17.5 Å². The number of rotatable bonds is 6. The van der Waals surface area contributed by atoms with E-state index < -0.39 is 36.8 Å². The lowest BCUT2D eigenvalue weighted by Gasteiger charge is -2.25. The van der Waals surface area contributed by atoms with Crippen LogP contribution in [0.1, 0.15) is 29.8 Å². The van der Waals surface area contributed by atoms with Gasteiger partial charge in [0.15, 0.2) is 6.61 Å². The minimum absolute atomic E-state index is 0.0596. The Bertz CT molecular complexity index is 669. The lowest BCUT2D eigenvalue weighted by molar-refractivity contribution is -0.151. The van der Waals surface area contributed by atoms with Gasteiger partial charge in [0, 0.05) is 12.1 Å². The van der Waals surface area contributed by atoms with Gasteiger partial charge in [-0.15, -0.1) is 0 Å². The van der Waals surface area contributed by atoms with Crippen LogP contribution in [0, 0.1) is 5.92 Å². The van der Waals surface area contributed by atoms with Crippen LogP contribution in [0.5, 0.6) is 0 Å². The minimum Gasteiger partial charge on any atom is -0.454 e. The summed E-state index contributed by atoms with van der Waals surface area (Å²) in [6.07, 6.45) is 0.0596. The molecular formula is C17H20N2O5. The largest absolute Gasteiger partial charge is 0.454 e. The van der Waals surface area contributed by atoms with Crippen molar-refractivity contribution in [1.82, 2.24) is 10.2 Å². The number of nitrogens with zero attached hydrogens (tertiary/aromatic N) is 1. The van der Waals surface area contributed by atoms with Crippen molar-refractivity contribution in [1.29, 1.82) is 0 Å². The van der Waals surface area contributed by atoms with Crippen LogP contribution in [0.25, 0.3) is 0 Å². The molecule has 3 amide bonds. The number of fused-ring (bicyclic) bond motifs is 1. The molecule has 2 rings (SSSR count). The van der Waals surface area contributed by atoms with Crippen molar-refractivity contribution < 1.29 is 23.9 Å². The standard InChI is InChI=1S/C17H20N2O5/c1-11(2)8-18-14(20)10-24-16(22)9-19-15(21)7-12-5-3-4-6-13(12)17(19)23/h3-6,11H,7-10H2,1-2H3,(H,18,20). The van der Waals surface area contributed by atoms with E-state index >= 15 is 0 Å². The summed E-state index contributed by atoms with van der Waals surface area (Å²) in [7, 11) is 0. The Labute approximate surface area is 140 Å². The highest BCUT2D eigenvalue weighted by Crippen LogP contribution is 2.19. The number of ether oxygens (including phenoxy) is 1. The van der Waals surface area contributed by atoms with Gasteiger partial charge in [0.2, 0.25) is 5.91 Å². The minimum atomic E-state index is -0.796. The van der Waals surface area contributed by atoms with Crippen LogP contribution in [-0.4, -0.2) is 48.3 Å². The van der Waals surface area contributed by atoms with E-state index in [4.69, 9.17) is 4.74 Å². The molecular weight excluding hydrogens is 312 g/mol. The first-order valence-corrected chi connectivity index (χ1v) is 7.73. The van der Waals surface area contributed by atoms with E-state index in [1.54, 1.807) is 24.3 Å². The molecule has 7 heteroatoms. The highest BCUT2D eigenvalue weighted by atomic mass is 16.5. The number of carbonyl (C=O) groups is 4. The second-order valence-electron chi connectivity index (χ2n) is 5.98. The first-order valence-electron chi connectivity index (χ1n) is 7.73. The fraction of sp³-hybridized carbons (Fsp3) is 0.412. The zero-order valence-electron chi connectivity index (χ0n) is 13.7. The average Bonchev–Trinajstić information content (AvgIpc) is 2.54. The van der Waals surface area contributed by atoms with E-state index in [2.05, 4.69) is 5.32 Å². The Kier molecular flexibility index (Phi) is 5.68. The SMILES string of the molecule is CC(C)CNC(=O)COC(=O)CN1C(=O)Cc2ccccc2C1=O. The summed E-state index contributed by atoms with van der Waals surface area (Å²) in [5.74, 6) is -1.91. The van der Waals surface area contributed by atoms with E-state index in [0.717, 1.165) is 4.90 Å². The number of nitrogens with one attached hydrogen (secondary N) is 1. The van der Waals surface area contributed by atoms with Crippen molar-refractivity contribution >= 4 is 23.7 Å². The number of hydrogen-bond donors (Lipinski definition) is 1. The van der Waals surface area contributed by atoms with Crippen LogP contribution in [0.2, 0.25) is 0 Å². The highest BCUT2D eigenvalue weighted by molar-refractivity contribution is 6.11. The van der Waals surface area contributed by atoms with Crippen LogP contribution in [0.15, 0.2) is 24.3 Å². The van der Waals surface area contributed by atoms with Crippen LogP contribution in [0.4, 0.5) is 0 Å². The molecule has 0 aliphatic carbocycles. The monoisotopic (exact) mass is 332 g/mol. The summed E-state index contributed by atoms with van der Waals surface area (Å²) in [4.78, 5) is 48.5. The molecule has 1 aromatic carbocycles. The summed E-state index contributed by atoms with van der Waals surface area (Å²) in [6, 6.07) is 6.77. The summed E-state index contributed by atoms with van der Waals surface area (Å²) < 4.78 is 4.83. The van der Waals surface area contributed by atoms with E-state index in [9.17, 15) is 19.2 Å². The fourth-order valence-corrected chi connectivity index (χ4v) is 2.25. The molecule has 0 aromatic heterocycles. The lowest BCUT2D eigenvalue weighted by Crippen LogP contribution is -2.45. The molecule has 1 aliphatic rings. The number of esters is 1. The molecule has 0 saturated carbocycles. The third-order valence-corrected chi connectivity index (χ3v) is 3.49. The van der Waals surface area contributed by atoms with E-state index in [1.165, 1.54) is 0 Å². The maximum absolute atomic E-state index is 12.3. The number of carbonyl (C=O) groups excluding carboxylic acids is 4. The van der Waals surface area contributed by atoms with Crippen molar-refractivity contribution in [2.24, 2.45) is 5.92 Å². The van der Waals surface area contributed by atoms with Crippen molar-refractivity contribution in [3.63, 3.8) is 0 Å². The fourth-order valence-electron chi connectivity index (χ4n) is 2.25. The predicted octanol–water partition coefficient (Wildman–Crippen LogP) is 0.527. The van der Waals surface area contributed by atoms with Crippen LogP contribution < -0.4 is 5.32 Å². The van der Waals surface area contributed by atoms with Gasteiger partial charge >= 0.3 is 5.97 Å². The van der Waals surface area contributed by atoms with Crippen LogP contribution in [0.3, 0.4) is 0 Å². The first kappa shape index (κ1) is 17.7. The molecule has 1 N–H and O–H groups in total. The molecule has 0 radical (unpaired) electrons. The van der Waals surface area contributed by atoms with Gasteiger partial charge in [-0.1, -0.05) is 32.0 Å². The Morgan fingerprint density at radius 1 is 1.25 bits per heavy atom. The second-order valence-corrected chi connectivity index (χ2v) is 5.98. The van der Waals surface area contributed by atoms with Gasteiger partial charge in [-0.2, -0.15) is 0 Å². The first-order chi connectivity index (χ1) is 11.4. The highest BCUT2D eigenvalue weighted by Gasteiger charge is 2.32. The molecule has 1 aromatic rings. The van der Waals surface area contributed by atoms with Crippen molar-refractivity contribution in [3.05, 3.63) is 35.4 Å². The van der Waals surface area contributed by atoms with E-state index in [-0.39, 0.29) is 12.3 Å². The zero-order chi connectivity index (χ0) is 17.7. The number of imide groups is 1. The van der Waals surface area contributed by atoms with Crippen molar-refractivity contribution in [3.8, 4) is 0 Å². The van der Waals surface area contributed by atoms with Gasteiger partial charge in [0.25, 0.3) is 11.8 Å². The maximum atomic E-state index is 12.3. The molecule has 1 aliphatic heterocycles. The number of hydrogen-bond acceptors (Lipinski definition) is 5. The predicted molar refractivity (Wildman–Crippen MR) is 85.0 cm³/mol. The summed E-state index contributed by atoms with van der Waals surface area (Å²) in [5.41, 5.74) is 1.05. The molecule has 0 atom stereocenters. The van der Waals surface area contributed by atoms with Gasteiger partial charge in [-0.25, -0.2) is 0 Å². The van der Waals surface area contributed by atoms with Crippen molar-refractivity contribution in [2.45, 2.75) is 20.3 Å². The molecule has 128 valence electrons. The molecule has 0 saturated heterocycles. The van der Waals surface area contributed by atoms with E-state index in [0.29, 0.717) is 17.7 Å². The number of benzene rings is 1. The molecule has 7 nitrogen and oxygen atoms in total. The Morgan fingerprint density at radius 2 is 1.96 bits per heavy atom. The maximum Gasteiger partial charge on any atom is 0.326 e. The third-order valence-electron chi connectivity index (χ3n) is 3.49. The third kappa shape index (κ3) is 4.41. The Hall–Kier alpha value is -2.70. The van der Waals surface area contributed by atoms with E-state index in [1.807, 2.05) is 13.8 Å². The van der Waals surface area contributed by atoms with Crippen molar-refractivity contribution in [2.75, 3.05) is 19.7 Å². The molecule has 1 heterocycles. The summed E-state index contributed by atoms with van der Waals surface area (Å²) >= 11 is 0. The van der Waals surface area contributed by atoms with Gasteiger partial charge < -0.3 is 10.1 Å². The average molecular weight is 332 g/mol. The molecule has 0 bridgehead atoms. The molecule has 0 spiro atoms. The summed E-state index contributed by atoms with van der Waals surface area (Å²) in [6.45, 7) is 3.44. The van der Waals surface area contributed by atoms with Gasteiger partial charge in [0.1, 0.15) is 6.54 Å². The summed E-state index contributed by atoms with van der Waals surface area (Å²) in [5, 5.41) is 2.61. The Balaban J connectivity index is 1.89. The molecule has 0 unspecified atom stereocenters. The topological polar surface area (TPSA) is 92.8 Å². The lowest BCUT2D eigenvalue weighted by atomic mass is 9.98. The zero-order valence-corrected chi connectivity index (χ0v) is 13.7. The molecule has 0 fully saturated rings. The number of amides is 3. The normalized spacial score (nSPS) is 13.7. The van der Waals surface area contributed by atoms with Crippen LogP contribution in [-0.2, 0) is 25.5 Å². The Morgan fingerprint density at radius 3 is 2.67 bits per heavy atom. The van der Waals surface area contributed by atoms with Gasteiger partial charge in [-0.3, -0.25) is 24.1 Å². The second kappa shape index (κ2) is 7.72. The molecule has 24 heavy (non-hydrogen) atoms. The van der Waals surface area contributed by atoms with Crippen LogP contribution >= 0.6 is 0 Å².